The van der Waals surface area contributed by atoms with Gasteiger partial charge in [-0.1, -0.05) is 12.1 Å². The van der Waals surface area contributed by atoms with E-state index in [1.807, 2.05) is 31.2 Å². The highest BCUT2D eigenvalue weighted by Gasteiger charge is 2.28. The molecule has 1 aliphatic rings. The van der Waals surface area contributed by atoms with Crippen LogP contribution in [-0.2, 0) is 4.79 Å². The van der Waals surface area contributed by atoms with E-state index < -0.39 is 0 Å². The molecule has 0 heterocycles. The van der Waals surface area contributed by atoms with Crippen LogP contribution < -0.4 is 4.74 Å². The molecule has 1 aromatic rings. The van der Waals surface area contributed by atoms with Crippen LogP contribution in [0.4, 0.5) is 0 Å². The fourth-order valence-electron chi connectivity index (χ4n) is 1.41. The zero-order valence-corrected chi connectivity index (χ0v) is 7.62. The molecule has 0 N–H and O–H groups in total. The molecule has 1 aromatic carbocycles. The van der Waals surface area contributed by atoms with Crippen molar-refractivity contribution in [2.45, 2.75) is 25.9 Å². The predicted molar refractivity (Wildman–Crippen MR) is 49.8 cm³/mol. The number of carbonyl (C=O) groups is 1. The Kier molecular flexibility index (Phi) is 2.05. The number of Topliss-reactive ketones (excluding diaryl/α,β-unsaturated/α-hetero) is 1. The molecule has 0 atom stereocenters. The Hall–Kier alpha value is -1.31. The molecule has 1 saturated carbocycles. The van der Waals surface area contributed by atoms with Crippen LogP contribution in [0.2, 0.25) is 0 Å². The summed E-state index contributed by atoms with van der Waals surface area (Å²) in [6.07, 6.45) is 1.27. The zero-order valence-electron chi connectivity index (χ0n) is 7.62. The lowest BCUT2D eigenvalue weighted by molar-refractivity contribution is -0.129. The topological polar surface area (TPSA) is 26.3 Å². The summed E-state index contributed by atoms with van der Waals surface area (Å²) < 4.78 is 5.58. The number of ether oxygens (including phenoxy) is 1. The maximum Gasteiger partial charge on any atom is 0.140 e. The highest BCUT2D eigenvalue weighted by Crippen LogP contribution is 2.22. The van der Waals surface area contributed by atoms with E-state index in [9.17, 15) is 4.79 Å². The summed E-state index contributed by atoms with van der Waals surface area (Å²) in [6, 6.07) is 7.91. The summed E-state index contributed by atoms with van der Waals surface area (Å²) in [7, 11) is 0. The molecule has 2 heteroatoms. The monoisotopic (exact) mass is 176 g/mol. The quantitative estimate of drug-likeness (QED) is 0.689. The van der Waals surface area contributed by atoms with Crippen molar-refractivity contribution >= 4 is 5.78 Å². The zero-order chi connectivity index (χ0) is 9.26. The minimum absolute atomic E-state index is 0.120. The van der Waals surface area contributed by atoms with Gasteiger partial charge in [0, 0.05) is 12.8 Å². The number of aryl methyl sites for hydroxylation is 1. The summed E-state index contributed by atoms with van der Waals surface area (Å²) in [5.41, 5.74) is 1.18. The second-order valence-corrected chi connectivity index (χ2v) is 3.50. The van der Waals surface area contributed by atoms with Crippen molar-refractivity contribution < 1.29 is 9.53 Å². The van der Waals surface area contributed by atoms with Crippen LogP contribution in [-0.4, -0.2) is 11.9 Å². The van der Waals surface area contributed by atoms with Gasteiger partial charge < -0.3 is 4.74 Å². The molecule has 0 spiro atoms. The Morgan fingerprint density at radius 1 is 1.38 bits per heavy atom. The van der Waals surface area contributed by atoms with Gasteiger partial charge in [-0.2, -0.15) is 0 Å². The highest BCUT2D eigenvalue weighted by atomic mass is 16.5. The van der Waals surface area contributed by atoms with Crippen LogP contribution in [0.3, 0.4) is 0 Å². The van der Waals surface area contributed by atoms with Crippen molar-refractivity contribution in [1.82, 2.24) is 0 Å². The number of carbonyl (C=O) groups excluding carboxylic acids is 1. The van der Waals surface area contributed by atoms with Crippen LogP contribution in [0.25, 0.3) is 0 Å². The third-order valence-electron chi connectivity index (χ3n) is 2.20. The molecule has 1 aliphatic carbocycles. The summed E-state index contributed by atoms with van der Waals surface area (Å²) in [5, 5.41) is 0. The largest absolute Gasteiger partial charge is 0.490 e. The van der Waals surface area contributed by atoms with Crippen LogP contribution >= 0.6 is 0 Å². The first-order valence-electron chi connectivity index (χ1n) is 4.49. The Labute approximate surface area is 77.5 Å². The predicted octanol–water partition coefficient (Wildman–Crippen LogP) is 2.11. The number of benzene rings is 1. The average Bonchev–Trinajstić information content (AvgIpc) is 2.01. The molecule has 0 bridgehead atoms. The van der Waals surface area contributed by atoms with Gasteiger partial charge in [-0.05, 0) is 24.6 Å². The Bertz CT molecular complexity index is 323. The van der Waals surface area contributed by atoms with Gasteiger partial charge in [0.25, 0.3) is 0 Å². The van der Waals surface area contributed by atoms with E-state index in [1.165, 1.54) is 5.56 Å². The lowest BCUT2D eigenvalue weighted by atomic mass is 9.94. The normalized spacial score (nSPS) is 16.8. The Morgan fingerprint density at radius 2 is 2.15 bits per heavy atom. The molecule has 68 valence electrons. The number of hydrogen-bond donors (Lipinski definition) is 0. The SMILES string of the molecule is Cc1cccc(OC2CC(=O)C2)c1. The first kappa shape index (κ1) is 8.30. The number of ketones is 1. The van der Waals surface area contributed by atoms with Gasteiger partial charge in [0.05, 0.1) is 0 Å². The molecule has 0 unspecified atom stereocenters. The summed E-state index contributed by atoms with van der Waals surface area (Å²) >= 11 is 0. The van der Waals surface area contributed by atoms with Crippen LogP contribution in [0.5, 0.6) is 5.75 Å². The second-order valence-electron chi connectivity index (χ2n) is 3.50. The van der Waals surface area contributed by atoms with Crippen molar-refractivity contribution in [3.63, 3.8) is 0 Å². The van der Waals surface area contributed by atoms with Gasteiger partial charge in [-0.15, -0.1) is 0 Å². The van der Waals surface area contributed by atoms with Gasteiger partial charge in [0.2, 0.25) is 0 Å². The average molecular weight is 176 g/mol. The van der Waals surface area contributed by atoms with Crippen molar-refractivity contribution in [1.29, 1.82) is 0 Å². The van der Waals surface area contributed by atoms with Crippen molar-refractivity contribution in [3.05, 3.63) is 29.8 Å². The third-order valence-corrected chi connectivity index (χ3v) is 2.20. The summed E-state index contributed by atoms with van der Waals surface area (Å²) in [4.78, 5) is 10.7. The van der Waals surface area contributed by atoms with Gasteiger partial charge in [0.1, 0.15) is 17.6 Å². The van der Waals surface area contributed by atoms with Gasteiger partial charge in [-0.3, -0.25) is 4.79 Å². The van der Waals surface area contributed by atoms with E-state index in [1.54, 1.807) is 0 Å². The molecule has 0 amide bonds. The van der Waals surface area contributed by atoms with Crippen LogP contribution in [0.1, 0.15) is 18.4 Å². The minimum Gasteiger partial charge on any atom is -0.490 e. The number of rotatable bonds is 2. The fraction of sp³-hybridized carbons (Fsp3) is 0.364. The Balaban J connectivity index is 1.98. The van der Waals surface area contributed by atoms with Crippen molar-refractivity contribution in [2.24, 2.45) is 0 Å². The van der Waals surface area contributed by atoms with E-state index in [-0.39, 0.29) is 6.10 Å². The lowest BCUT2D eigenvalue weighted by Gasteiger charge is -2.25. The molecule has 1 fully saturated rings. The molecule has 13 heavy (non-hydrogen) atoms. The van der Waals surface area contributed by atoms with Crippen LogP contribution in [0.15, 0.2) is 24.3 Å². The smallest absolute Gasteiger partial charge is 0.140 e. The standard InChI is InChI=1S/C11H12O2/c1-8-3-2-4-10(5-8)13-11-6-9(12)7-11/h2-5,11H,6-7H2,1H3. The van der Waals surface area contributed by atoms with Gasteiger partial charge in [0.15, 0.2) is 0 Å². The molecular formula is C11H12O2. The molecule has 0 saturated heterocycles. The maximum absolute atomic E-state index is 10.7. The molecule has 2 rings (SSSR count). The Morgan fingerprint density at radius 3 is 2.77 bits per heavy atom. The summed E-state index contributed by atoms with van der Waals surface area (Å²) in [6.45, 7) is 2.03. The van der Waals surface area contributed by atoms with Gasteiger partial charge >= 0.3 is 0 Å². The van der Waals surface area contributed by atoms with E-state index in [2.05, 4.69) is 0 Å². The highest BCUT2D eigenvalue weighted by molar-refractivity contribution is 5.85. The van der Waals surface area contributed by atoms with E-state index >= 15 is 0 Å². The first-order chi connectivity index (χ1) is 6.24. The van der Waals surface area contributed by atoms with Crippen LogP contribution in [0, 0.1) is 6.92 Å². The van der Waals surface area contributed by atoms with E-state index in [0.29, 0.717) is 18.6 Å². The first-order valence-corrected chi connectivity index (χ1v) is 4.49. The van der Waals surface area contributed by atoms with E-state index in [4.69, 9.17) is 4.74 Å². The maximum atomic E-state index is 10.7. The number of hydrogen-bond acceptors (Lipinski definition) is 2. The second kappa shape index (κ2) is 3.21. The van der Waals surface area contributed by atoms with E-state index in [0.717, 1.165) is 5.75 Å². The minimum atomic E-state index is 0.120. The molecular weight excluding hydrogens is 164 g/mol. The molecule has 0 aliphatic heterocycles. The fourth-order valence-corrected chi connectivity index (χ4v) is 1.41. The lowest BCUT2D eigenvalue weighted by Crippen LogP contribution is -2.33. The summed E-state index contributed by atoms with van der Waals surface area (Å²) in [5.74, 6) is 1.18. The molecule has 0 radical (unpaired) electrons. The molecule has 2 nitrogen and oxygen atoms in total. The molecule has 0 aromatic heterocycles. The third kappa shape index (κ3) is 1.89. The van der Waals surface area contributed by atoms with Crippen molar-refractivity contribution in [2.75, 3.05) is 0 Å². The van der Waals surface area contributed by atoms with Crippen molar-refractivity contribution in [3.8, 4) is 5.75 Å². The van der Waals surface area contributed by atoms with Gasteiger partial charge in [-0.25, -0.2) is 0 Å².